The van der Waals surface area contributed by atoms with Crippen LogP contribution in [0.15, 0.2) is 18.2 Å². The van der Waals surface area contributed by atoms with Gasteiger partial charge in [0.15, 0.2) is 0 Å². The zero-order valence-corrected chi connectivity index (χ0v) is 11.9. The fourth-order valence-electron chi connectivity index (χ4n) is 2.88. The minimum atomic E-state index is -0.232. The molecule has 0 atom stereocenters. The molecule has 0 radical (unpaired) electrons. The zero-order chi connectivity index (χ0) is 14.3. The van der Waals surface area contributed by atoms with E-state index in [1.54, 1.807) is 12.1 Å². The molecular weight excluding hydrogens is 255 g/mol. The van der Waals surface area contributed by atoms with Gasteiger partial charge >= 0.3 is 0 Å². The Bertz CT molecular complexity index is 660. The summed E-state index contributed by atoms with van der Waals surface area (Å²) in [6.07, 6.45) is 1.39. The molecule has 1 aromatic carbocycles. The van der Waals surface area contributed by atoms with Crippen molar-refractivity contribution < 1.29 is 9.18 Å². The van der Waals surface area contributed by atoms with Crippen LogP contribution in [-0.4, -0.2) is 22.3 Å². The molecule has 0 unspecified atom stereocenters. The van der Waals surface area contributed by atoms with Crippen molar-refractivity contribution in [2.24, 2.45) is 5.92 Å². The topological polar surface area (TPSA) is 36.1 Å². The highest BCUT2D eigenvalue weighted by Gasteiger charge is 2.24. The summed E-state index contributed by atoms with van der Waals surface area (Å²) in [7, 11) is 0. The largest absolute Gasteiger partial charge is 0.358 e. The summed E-state index contributed by atoms with van der Waals surface area (Å²) in [6.45, 7) is 5.43. The lowest BCUT2D eigenvalue weighted by Gasteiger charge is -2.28. The molecule has 4 heteroatoms. The second-order valence-electron chi connectivity index (χ2n) is 5.94. The first kappa shape index (κ1) is 13.2. The normalized spacial score (nSPS) is 14.9. The fourth-order valence-corrected chi connectivity index (χ4v) is 2.88. The quantitative estimate of drug-likeness (QED) is 0.896. The highest BCUT2D eigenvalue weighted by Crippen LogP contribution is 2.28. The van der Waals surface area contributed by atoms with Gasteiger partial charge in [-0.25, -0.2) is 4.39 Å². The first-order valence-corrected chi connectivity index (χ1v) is 7.11. The molecule has 2 aromatic rings. The number of amides is 1. The molecule has 1 N–H and O–H groups in total. The Labute approximate surface area is 117 Å². The SMILES string of the molecule is CC(C)CC(=O)N1CCc2[nH]c3ccc(F)cc3c2C1. The third-order valence-corrected chi connectivity index (χ3v) is 3.87. The molecule has 0 fully saturated rings. The molecule has 3 nitrogen and oxygen atoms in total. The smallest absolute Gasteiger partial charge is 0.223 e. The van der Waals surface area contributed by atoms with E-state index in [-0.39, 0.29) is 11.7 Å². The number of rotatable bonds is 2. The number of hydrogen-bond donors (Lipinski definition) is 1. The first-order valence-electron chi connectivity index (χ1n) is 7.11. The van der Waals surface area contributed by atoms with E-state index < -0.39 is 0 Å². The molecule has 0 bridgehead atoms. The highest BCUT2D eigenvalue weighted by molar-refractivity contribution is 5.86. The van der Waals surface area contributed by atoms with Crippen molar-refractivity contribution >= 4 is 16.8 Å². The number of fused-ring (bicyclic) bond motifs is 3. The van der Waals surface area contributed by atoms with Crippen molar-refractivity contribution in [1.82, 2.24) is 9.88 Å². The van der Waals surface area contributed by atoms with Crippen molar-refractivity contribution in [1.29, 1.82) is 0 Å². The van der Waals surface area contributed by atoms with E-state index >= 15 is 0 Å². The van der Waals surface area contributed by atoms with Gasteiger partial charge in [-0.2, -0.15) is 0 Å². The molecule has 2 heterocycles. The summed E-state index contributed by atoms with van der Waals surface area (Å²) in [5.41, 5.74) is 3.16. The van der Waals surface area contributed by atoms with Crippen LogP contribution in [0.3, 0.4) is 0 Å². The molecule has 1 aliphatic heterocycles. The molecule has 0 spiro atoms. The van der Waals surface area contributed by atoms with Gasteiger partial charge < -0.3 is 9.88 Å². The highest BCUT2D eigenvalue weighted by atomic mass is 19.1. The Kier molecular flexibility index (Phi) is 3.24. The van der Waals surface area contributed by atoms with Gasteiger partial charge in [-0.3, -0.25) is 4.79 Å². The molecule has 1 aromatic heterocycles. The van der Waals surface area contributed by atoms with Gasteiger partial charge in [0, 0.05) is 48.1 Å². The fraction of sp³-hybridized carbons (Fsp3) is 0.438. The van der Waals surface area contributed by atoms with Crippen LogP contribution in [0.2, 0.25) is 0 Å². The minimum Gasteiger partial charge on any atom is -0.358 e. The van der Waals surface area contributed by atoms with Gasteiger partial charge in [0.25, 0.3) is 0 Å². The number of nitrogens with one attached hydrogen (secondary N) is 1. The van der Waals surface area contributed by atoms with Crippen LogP contribution in [0.5, 0.6) is 0 Å². The molecule has 3 rings (SSSR count). The lowest BCUT2D eigenvalue weighted by Crippen LogP contribution is -2.36. The first-order chi connectivity index (χ1) is 9.54. The molecular formula is C16H19FN2O. The van der Waals surface area contributed by atoms with Gasteiger partial charge in [-0.15, -0.1) is 0 Å². The maximum Gasteiger partial charge on any atom is 0.223 e. The van der Waals surface area contributed by atoms with E-state index in [1.165, 1.54) is 6.07 Å². The van der Waals surface area contributed by atoms with Crippen LogP contribution in [0.4, 0.5) is 4.39 Å². The number of aromatic amines is 1. The molecule has 1 amide bonds. The zero-order valence-electron chi connectivity index (χ0n) is 11.9. The predicted octanol–water partition coefficient (Wildman–Crippen LogP) is 3.24. The number of hydrogen-bond acceptors (Lipinski definition) is 1. The van der Waals surface area contributed by atoms with Crippen molar-refractivity contribution in [3.8, 4) is 0 Å². The summed E-state index contributed by atoms with van der Waals surface area (Å²) < 4.78 is 13.4. The summed E-state index contributed by atoms with van der Waals surface area (Å²) in [4.78, 5) is 17.4. The third kappa shape index (κ3) is 2.30. The Balaban J connectivity index is 1.92. The van der Waals surface area contributed by atoms with E-state index in [9.17, 15) is 9.18 Å². The summed E-state index contributed by atoms with van der Waals surface area (Å²) in [5.74, 6) is 0.325. The maximum atomic E-state index is 13.4. The van der Waals surface area contributed by atoms with Crippen LogP contribution in [-0.2, 0) is 17.8 Å². The molecule has 0 saturated heterocycles. The van der Waals surface area contributed by atoms with E-state index in [4.69, 9.17) is 0 Å². The number of H-pyrrole nitrogens is 1. The van der Waals surface area contributed by atoms with E-state index in [2.05, 4.69) is 4.98 Å². The summed E-state index contributed by atoms with van der Waals surface area (Å²) >= 11 is 0. The Morgan fingerprint density at radius 3 is 3.00 bits per heavy atom. The van der Waals surface area contributed by atoms with E-state index in [1.807, 2.05) is 18.7 Å². The van der Waals surface area contributed by atoms with Crippen LogP contribution in [0, 0.1) is 11.7 Å². The van der Waals surface area contributed by atoms with Gasteiger partial charge in [-0.05, 0) is 24.1 Å². The second kappa shape index (κ2) is 4.93. The summed E-state index contributed by atoms with van der Waals surface area (Å²) in [6, 6.07) is 4.79. The van der Waals surface area contributed by atoms with Crippen LogP contribution >= 0.6 is 0 Å². The minimum absolute atomic E-state index is 0.191. The monoisotopic (exact) mass is 274 g/mol. The number of carbonyl (C=O) groups excluding carboxylic acids is 1. The van der Waals surface area contributed by atoms with Crippen LogP contribution in [0.25, 0.3) is 10.9 Å². The molecule has 20 heavy (non-hydrogen) atoms. The number of halogens is 1. The second-order valence-corrected chi connectivity index (χ2v) is 5.94. The predicted molar refractivity (Wildman–Crippen MR) is 76.8 cm³/mol. The molecule has 0 saturated carbocycles. The average molecular weight is 274 g/mol. The lowest BCUT2D eigenvalue weighted by molar-refractivity contribution is -0.132. The van der Waals surface area contributed by atoms with Crippen molar-refractivity contribution in [2.45, 2.75) is 33.2 Å². The molecule has 0 aliphatic carbocycles. The van der Waals surface area contributed by atoms with Gasteiger partial charge in [0.05, 0.1) is 0 Å². The summed E-state index contributed by atoms with van der Waals surface area (Å²) in [5, 5.41) is 0.905. The average Bonchev–Trinajstić information content (AvgIpc) is 2.75. The van der Waals surface area contributed by atoms with Crippen molar-refractivity contribution in [2.75, 3.05) is 6.54 Å². The van der Waals surface area contributed by atoms with Crippen LogP contribution in [0.1, 0.15) is 31.5 Å². The molecule has 1 aliphatic rings. The lowest BCUT2D eigenvalue weighted by atomic mass is 10.0. The van der Waals surface area contributed by atoms with Crippen molar-refractivity contribution in [3.63, 3.8) is 0 Å². The number of nitrogens with zero attached hydrogens (tertiary/aromatic N) is 1. The maximum absolute atomic E-state index is 13.4. The van der Waals surface area contributed by atoms with Gasteiger partial charge in [0.2, 0.25) is 5.91 Å². The van der Waals surface area contributed by atoms with E-state index in [0.717, 1.165) is 35.1 Å². The molecule has 106 valence electrons. The third-order valence-electron chi connectivity index (χ3n) is 3.87. The number of aromatic nitrogens is 1. The number of benzene rings is 1. The Morgan fingerprint density at radius 1 is 1.45 bits per heavy atom. The Morgan fingerprint density at radius 2 is 2.25 bits per heavy atom. The Hall–Kier alpha value is -1.84. The van der Waals surface area contributed by atoms with Crippen LogP contribution < -0.4 is 0 Å². The van der Waals surface area contributed by atoms with Gasteiger partial charge in [0.1, 0.15) is 5.82 Å². The van der Waals surface area contributed by atoms with Gasteiger partial charge in [-0.1, -0.05) is 13.8 Å². The van der Waals surface area contributed by atoms with E-state index in [0.29, 0.717) is 18.9 Å². The number of carbonyl (C=O) groups is 1. The standard InChI is InChI=1S/C16H19FN2O/c1-10(2)7-16(20)19-6-5-15-13(9-19)12-8-11(17)3-4-14(12)18-15/h3-4,8,10,18H,5-7,9H2,1-2H3. The van der Waals surface area contributed by atoms with Crippen molar-refractivity contribution in [3.05, 3.63) is 35.3 Å².